The van der Waals surface area contributed by atoms with Gasteiger partial charge in [0.05, 0.1) is 4.92 Å². The Morgan fingerprint density at radius 3 is 2.80 bits per heavy atom. The molecule has 0 radical (unpaired) electrons. The molecule has 0 aliphatic heterocycles. The fraction of sp³-hybridized carbons (Fsp3) is 0.400. The maximum Gasteiger partial charge on any atom is 0.273 e. The van der Waals surface area contributed by atoms with Crippen LogP contribution in [0, 0.1) is 10.1 Å². The summed E-state index contributed by atoms with van der Waals surface area (Å²) in [6.07, 6.45) is 1.39. The molecule has 0 aliphatic carbocycles. The van der Waals surface area contributed by atoms with Crippen molar-refractivity contribution in [2.45, 2.75) is 25.8 Å². The van der Waals surface area contributed by atoms with E-state index in [-0.39, 0.29) is 16.7 Å². The molecule has 1 aromatic carbocycles. The molecule has 1 atom stereocenters. The summed E-state index contributed by atoms with van der Waals surface area (Å²) >= 11 is 3.22. The Morgan fingerprint density at radius 1 is 1.60 bits per heavy atom. The summed E-state index contributed by atoms with van der Waals surface area (Å²) in [5.41, 5.74) is 6.51. The highest BCUT2D eigenvalue weighted by atomic mass is 79.9. The van der Waals surface area contributed by atoms with Gasteiger partial charge in [0.2, 0.25) is 0 Å². The lowest BCUT2D eigenvalue weighted by molar-refractivity contribution is -0.385. The van der Waals surface area contributed by atoms with Crippen LogP contribution in [0.2, 0.25) is 0 Å². The van der Waals surface area contributed by atoms with E-state index in [0.29, 0.717) is 6.42 Å². The van der Waals surface area contributed by atoms with Crippen LogP contribution in [-0.2, 0) is 6.42 Å². The smallest absolute Gasteiger partial charge is 0.273 e. The number of nitro benzene ring substituents is 1. The first-order chi connectivity index (χ1) is 7.00. The van der Waals surface area contributed by atoms with Crippen molar-refractivity contribution in [1.82, 2.24) is 0 Å². The third-order valence-corrected chi connectivity index (χ3v) is 2.61. The molecule has 0 fully saturated rings. The standard InChI is InChI=1S/C10H13BrN2O2/c1-7(12)2-3-8-4-5-9(11)6-10(8)13(14)15/h4-7H,2-3,12H2,1H3/t7-/m0/s1. The van der Waals surface area contributed by atoms with Crippen LogP contribution in [0.3, 0.4) is 0 Å². The second-order valence-electron chi connectivity index (χ2n) is 3.55. The lowest BCUT2D eigenvalue weighted by Crippen LogP contribution is -2.15. The van der Waals surface area contributed by atoms with Gasteiger partial charge < -0.3 is 5.73 Å². The molecule has 2 N–H and O–H groups in total. The highest BCUT2D eigenvalue weighted by Crippen LogP contribution is 2.24. The van der Waals surface area contributed by atoms with Crippen molar-refractivity contribution in [3.05, 3.63) is 38.3 Å². The zero-order valence-corrected chi connectivity index (χ0v) is 10.0. The molecule has 0 saturated heterocycles. The molecule has 0 saturated carbocycles. The quantitative estimate of drug-likeness (QED) is 0.677. The normalized spacial score (nSPS) is 12.5. The van der Waals surface area contributed by atoms with Crippen molar-refractivity contribution < 1.29 is 4.92 Å². The number of nitrogens with zero attached hydrogens (tertiary/aromatic N) is 1. The number of benzene rings is 1. The largest absolute Gasteiger partial charge is 0.328 e. The van der Waals surface area contributed by atoms with Crippen LogP contribution >= 0.6 is 15.9 Å². The Bertz CT molecular complexity index is 366. The number of hydrogen-bond acceptors (Lipinski definition) is 3. The van der Waals surface area contributed by atoms with Crippen molar-refractivity contribution >= 4 is 21.6 Å². The maximum absolute atomic E-state index is 10.8. The zero-order chi connectivity index (χ0) is 11.4. The van der Waals surface area contributed by atoms with Gasteiger partial charge in [0.15, 0.2) is 0 Å². The van der Waals surface area contributed by atoms with E-state index in [1.807, 2.05) is 13.0 Å². The van der Waals surface area contributed by atoms with Crippen molar-refractivity contribution in [2.24, 2.45) is 5.73 Å². The van der Waals surface area contributed by atoms with Gasteiger partial charge in [-0.25, -0.2) is 0 Å². The SMILES string of the molecule is C[C@H](N)CCc1ccc(Br)cc1[N+](=O)[O-]. The van der Waals surface area contributed by atoms with E-state index in [1.165, 1.54) is 6.07 Å². The first kappa shape index (κ1) is 12.1. The Balaban J connectivity index is 2.91. The molecular formula is C10H13BrN2O2. The first-order valence-corrected chi connectivity index (χ1v) is 5.48. The molecule has 0 aromatic heterocycles. The molecule has 0 heterocycles. The number of nitro groups is 1. The minimum Gasteiger partial charge on any atom is -0.328 e. The maximum atomic E-state index is 10.8. The molecule has 4 nitrogen and oxygen atoms in total. The zero-order valence-electron chi connectivity index (χ0n) is 8.44. The van der Waals surface area contributed by atoms with Gasteiger partial charge in [-0.3, -0.25) is 10.1 Å². The van der Waals surface area contributed by atoms with Gasteiger partial charge in [0.25, 0.3) is 5.69 Å². The Kier molecular flexibility index (Phi) is 4.23. The monoisotopic (exact) mass is 272 g/mol. The van der Waals surface area contributed by atoms with E-state index in [4.69, 9.17) is 5.73 Å². The summed E-state index contributed by atoms with van der Waals surface area (Å²) in [5.74, 6) is 0. The van der Waals surface area contributed by atoms with Gasteiger partial charge in [-0.2, -0.15) is 0 Å². The van der Waals surface area contributed by atoms with Crippen molar-refractivity contribution in [1.29, 1.82) is 0 Å². The summed E-state index contributed by atoms with van der Waals surface area (Å²) in [5, 5.41) is 10.8. The van der Waals surface area contributed by atoms with Crippen LogP contribution in [-0.4, -0.2) is 11.0 Å². The average molecular weight is 273 g/mol. The minimum absolute atomic E-state index is 0.0632. The minimum atomic E-state index is -0.360. The third-order valence-electron chi connectivity index (χ3n) is 2.11. The van der Waals surface area contributed by atoms with E-state index < -0.39 is 0 Å². The highest BCUT2D eigenvalue weighted by molar-refractivity contribution is 9.10. The summed E-state index contributed by atoms with van der Waals surface area (Å²) in [4.78, 5) is 10.4. The fourth-order valence-electron chi connectivity index (χ4n) is 1.30. The van der Waals surface area contributed by atoms with Gasteiger partial charge >= 0.3 is 0 Å². The molecule has 82 valence electrons. The third kappa shape index (κ3) is 3.60. The van der Waals surface area contributed by atoms with Crippen LogP contribution in [0.1, 0.15) is 18.9 Å². The predicted molar refractivity (Wildman–Crippen MR) is 62.8 cm³/mol. The van der Waals surface area contributed by atoms with Crippen molar-refractivity contribution in [3.8, 4) is 0 Å². The Hall–Kier alpha value is -0.940. The van der Waals surface area contributed by atoms with Gasteiger partial charge in [-0.1, -0.05) is 22.0 Å². The Morgan fingerprint density at radius 2 is 2.27 bits per heavy atom. The molecule has 1 rings (SSSR count). The molecule has 0 spiro atoms. The molecule has 1 aromatic rings. The number of nitrogens with two attached hydrogens (primary N) is 1. The van der Waals surface area contributed by atoms with E-state index in [9.17, 15) is 10.1 Å². The highest BCUT2D eigenvalue weighted by Gasteiger charge is 2.13. The molecule has 0 bridgehead atoms. The van der Waals surface area contributed by atoms with E-state index in [2.05, 4.69) is 15.9 Å². The van der Waals surface area contributed by atoms with Gasteiger partial charge in [0, 0.05) is 22.1 Å². The van der Waals surface area contributed by atoms with Crippen LogP contribution in [0.15, 0.2) is 22.7 Å². The molecule has 15 heavy (non-hydrogen) atoms. The van der Waals surface area contributed by atoms with E-state index in [0.717, 1.165) is 16.5 Å². The molecular weight excluding hydrogens is 260 g/mol. The van der Waals surface area contributed by atoms with Crippen LogP contribution < -0.4 is 5.73 Å². The van der Waals surface area contributed by atoms with Gasteiger partial charge in [0.1, 0.15) is 0 Å². The average Bonchev–Trinajstić information content (AvgIpc) is 2.15. The number of halogens is 1. The summed E-state index contributed by atoms with van der Waals surface area (Å²) in [6, 6.07) is 5.17. The van der Waals surface area contributed by atoms with Crippen LogP contribution in [0.25, 0.3) is 0 Å². The molecule has 5 heteroatoms. The lowest BCUT2D eigenvalue weighted by atomic mass is 10.1. The van der Waals surface area contributed by atoms with Gasteiger partial charge in [-0.15, -0.1) is 0 Å². The molecule has 0 amide bonds. The van der Waals surface area contributed by atoms with Crippen molar-refractivity contribution in [3.63, 3.8) is 0 Å². The number of rotatable bonds is 4. The lowest BCUT2D eigenvalue weighted by Gasteiger charge is -2.05. The van der Waals surface area contributed by atoms with Gasteiger partial charge in [-0.05, 0) is 25.8 Å². The summed E-state index contributed by atoms with van der Waals surface area (Å²) in [6.45, 7) is 1.89. The predicted octanol–water partition coefficient (Wildman–Crippen LogP) is 2.64. The second-order valence-corrected chi connectivity index (χ2v) is 4.46. The van der Waals surface area contributed by atoms with E-state index in [1.54, 1.807) is 6.07 Å². The summed E-state index contributed by atoms with van der Waals surface area (Å²) < 4.78 is 0.721. The first-order valence-electron chi connectivity index (χ1n) is 4.69. The Labute approximate surface area is 96.8 Å². The van der Waals surface area contributed by atoms with Crippen LogP contribution in [0.4, 0.5) is 5.69 Å². The second kappa shape index (κ2) is 5.23. The number of hydrogen-bond donors (Lipinski definition) is 1. The summed E-state index contributed by atoms with van der Waals surface area (Å²) in [7, 11) is 0. The fourth-order valence-corrected chi connectivity index (χ4v) is 1.65. The van der Waals surface area contributed by atoms with Crippen molar-refractivity contribution in [2.75, 3.05) is 0 Å². The number of aryl methyl sites for hydroxylation is 1. The molecule has 0 aliphatic rings. The van der Waals surface area contributed by atoms with E-state index >= 15 is 0 Å². The van der Waals surface area contributed by atoms with Crippen LogP contribution in [0.5, 0.6) is 0 Å². The topological polar surface area (TPSA) is 69.2 Å². The molecule has 0 unspecified atom stereocenters.